The largest absolute Gasteiger partial charge is 0.444 e. The summed E-state index contributed by atoms with van der Waals surface area (Å²) >= 11 is 0. The summed E-state index contributed by atoms with van der Waals surface area (Å²) in [4.78, 5) is 33.7. The lowest BCUT2D eigenvalue weighted by Crippen LogP contribution is -2.46. The van der Waals surface area contributed by atoms with Crippen LogP contribution in [-0.2, 0) is 9.47 Å². The molecule has 226 valence electrons. The minimum atomic E-state index is -0.514. The molecule has 2 aliphatic rings. The fourth-order valence-corrected chi connectivity index (χ4v) is 5.51. The van der Waals surface area contributed by atoms with Crippen LogP contribution in [0, 0.1) is 0 Å². The number of rotatable bonds is 6. The molecular weight excluding hydrogens is 546 g/mol. The molecule has 6 rings (SSSR count). The highest BCUT2D eigenvalue weighted by atomic mass is 16.6. The molecule has 1 unspecified atom stereocenters. The van der Waals surface area contributed by atoms with Crippen molar-refractivity contribution in [2.24, 2.45) is 0 Å². The van der Waals surface area contributed by atoms with Gasteiger partial charge in [0.15, 0.2) is 5.65 Å². The molecule has 3 aromatic heterocycles. The van der Waals surface area contributed by atoms with E-state index in [0.29, 0.717) is 28.5 Å². The van der Waals surface area contributed by atoms with Crippen molar-refractivity contribution in [3.8, 4) is 11.3 Å². The number of benzene rings is 1. The quantitative estimate of drug-likeness (QED) is 0.251. The van der Waals surface area contributed by atoms with Crippen molar-refractivity contribution in [2.75, 3.05) is 35.6 Å². The number of nitrogen functional groups attached to an aromatic ring is 1. The van der Waals surface area contributed by atoms with Crippen LogP contribution in [-0.4, -0.2) is 61.9 Å². The Labute approximate surface area is 251 Å². The number of ether oxygens (including phenoxy) is 2. The average Bonchev–Trinajstić information content (AvgIpc) is 3.41. The number of hydrogen-bond donors (Lipinski definition) is 3. The monoisotopic (exact) mass is 585 g/mol. The van der Waals surface area contributed by atoms with Gasteiger partial charge in [-0.25, -0.2) is 19.7 Å². The van der Waals surface area contributed by atoms with E-state index in [1.54, 1.807) is 6.33 Å². The molecule has 1 amide bonds. The van der Waals surface area contributed by atoms with Crippen molar-refractivity contribution in [3.05, 3.63) is 48.9 Å². The fourth-order valence-electron chi connectivity index (χ4n) is 5.51. The molecule has 12 heteroatoms. The number of hydrogen-bond acceptors (Lipinski definition) is 10. The molecule has 43 heavy (non-hydrogen) atoms. The Kier molecular flexibility index (Phi) is 8.02. The Bertz CT molecular complexity index is 1570. The van der Waals surface area contributed by atoms with E-state index in [2.05, 4.69) is 15.5 Å². The summed E-state index contributed by atoms with van der Waals surface area (Å²) in [5, 5.41) is 6.30. The van der Waals surface area contributed by atoms with Crippen LogP contribution in [0.3, 0.4) is 0 Å². The van der Waals surface area contributed by atoms with Crippen molar-refractivity contribution >= 4 is 40.4 Å². The number of nitrogens with two attached hydrogens (primary N) is 1. The average molecular weight is 586 g/mol. The summed E-state index contributed by atoms with van der Waals surface area (Å²) in [6.45, 7) is 7.88. The third-order valence-corrected chi connectivity index (χ3v) is 7.59. The van der Waals surface area contributed by atoms with Crippen LogP contribution in [0.4, 0.5) is 27.9 Å². The van der Waals surface area contributed by atoms with Crippen molar-refractivity contribution in [1.29, 1.82) is 0 Å². The lowest BCUT2D eigenvalue weighted by atomic mass is 10.1. The van der Waals surface area contributed by atoms with E-state index >= 15 is 0 Å². The molecule has 12 nitrogen and oxygen atoms in total. The Hall–Kier alpha value is -4.45. The molecule has 2 fully saturated rings. The van der Waals surface area contributed by atoms with Crippen molar-refractivity contribution in [1.82, 2.24) is 29.8 Å². The Morgan fingerprint density at radius 3 is 2.60 bits per heavy atom. The lowest BCUT2D eigenvalue weighted by Gasteiger charge is -2.33. The zero-order valence-electron chi connectivity index (χ0n) is 24.9. The van der Waals surface area contributed by atoms with Gasteiger partial charge in [-0.1, -0.05) is 6.07 Å². The summed E-state index contributed by atoms with van der Waals surface area (Å²) < 4.78 is 13.5. The van der Waals surface area contributed by atoms with Gasteiger partial charge in [0, 0.05) is 48.9 Å². The number of alkyl carbamates (subject to hydrolysis) is 1. The molecule has 4 N–H and O–H groups in total. The van der Waals surface area contributed by atoms with Gasteiger partial charge in [-0.3, -0.25) is 4.57 Å². The van der Waals surface area contributed by atoms with Gasteiger partial charge >= 0.3 is 6.09 Å². The van der Waals surface area contributed by atoms with Crippen LogP contribution in [0.2, 0.25) is 0 Å². The third kappa shape index (κ3) is 6.80. The minimum absolute atomic E-state index is 0.0776. The van der Waals surface area contributed by atoms with E-state index in [0.717, 1.165) is 68.9 Å². The highest BCUT2D eigenvalue weighted by molar-refractivity contribution is 5.88. The summed E-state index contributed by atoms with van der Waals surface area (Å²) in [7, 11) is 0. The van der Waals surface area contributed by atoms with Crippen LogP contribution >= 0.6 is 0 Å². The molecule has 0 aliphatic carbocycles. The van der Waals surface area contributed by atoms with E-state index in [4.69, 9.17) is 35.1 Å². The second-order valence-corrected chi connectivity index (χ2v) is 12.1. The maximum atomic E-state index is 12.2. The predicted octanol–water partition coefficient (Wildman–Crippen LogP) is 5.41. The van der Waals surface area contributed by atoms with Crippen LogP contribution in [0.5, 0.6) is 0 Å². The first-order valence-corrected chi connectivity index (χ1v) is 14.9. The van der Waals surface area contributed by atoms with Crippen molar-refractivity contribution < 1.29 is 14.3 Å². The fraction of sp³-hybridized carbons (Fsp3) is 0.452. The van der Waals surface area contributed by atoms with Gasteiger partial charge in [-0.15, -0.1) is 0 Å². The van der Waals surface area contributed by atoms with Crippen molar-refractivity contribution in [3.63, 3.8) is 0 Å². The van der Waals surface area contributed by atoms with Crippen LogP contribution in [0.15, 0.2) is 48.9 Å². The molecular formula is C31H39N9O3. The normalized spacial score (nSPS) is 18.0. The summed E-state index contributed by atoms with van der Waals surface area (Å²) in [5.41, 5.74) is 9.85. The summed E-state index contributed by atoms with van der Waals surface area (Å²) in [6, 6.07) is 11.6. The van der Waals surface area contributed by atoms with Crippen LogP contribution in [0.25, 0.3) is 22.4 Å². The van der Waals surface area contributed by atoms with Gasteiger partial charge in [0.1, 0.15) is 28.9 Å². The van der Waals surface area contributed by atoms with Gasteiger partial charge < -0.3 is 30.7 Å². The van der Waals surface area contributed by atoms with E-state index in [9.17, 15) is 4.79 Å². The zero-order chi connectivity index (χ0) is 30.0. The Morgan fingerprint density at radius 1 is 1.07 bits per heavy atom. The number of amides is 1. The first-order valence-electron chi connectivity index (χ1n) is 14.9. The number of nitrogens with zero attached hydrogens (tertiary/aromatic N) is 6. The predicted molar refractivity (Wildman–Crippen MR) is 166 cm³/mol. The number of nitrogens with one attached hydrogen (secondary N) is 2. The van der Waals surface area contributed by atoms with Crippen LogP contribution in [0.1, 0.15) is 59.1 Å². The molecule has 5 heterocycles. The number of anilines is 4. The molecule has 0 radical (unpaired) electrons. The number of aromatic nitrogens is 5. The van der Waals surface area contributed by atoms with Gasteiger partial charge in [0.25, 0.3) is 0 Å². The number of carbonyl (C=O) groups excluding carboxylic acids is 1. The Balaban J connectivity index is 1.23. The van der Waals surface area contributed by atoms with Crippen LogP contribution < -0.4 is 21.3 Å². The van der Waals surface area contributed by atoms with Gasteiger partial charge in [0.05, 0.1) is 6.33 Å². The van der Waals surface area contributed by atoms with Gasteiger partial charge in [0.2, 0.25) is 5.95 Å². The number of pyridine rings is 1. The van der Waals surface area contributed by atoms with E-state index in [1.165, 1.54) is 0 Å². The second kappa shape index (κ2) is 12.0. The number of piperidine rings is 1. The first-order chi connectivity index (χ1) is 20.7. The minimum Gasteiger partial charge on any atom is -0.444 e. The maximum absolute atomic E-state index is 12.2. The Morgan fingerprint density at radius 2 is 1.91 bits per heavy atom. The molecule has 4 aromatic rings. The molecule has 1 aromatic carbocycles. The van der Waals surface area contributed by atoms with E-state index < -0.39 is 5.60 Å². The standard InChI is InChI=1S/C31H39N9O3/c1-31(2,3)43-30(41)36-22-12-14-39(15-13-22)24-11-10-20(18-33-24)26-27-28(40(19-34-27)25-9-4-5-16-42-25)38-29(37-26)35-23-8-6-7-21(32)17-23/h6-8,10-11,17-19,22,25H,4-5,9,12-16,32H2,1-3H3,(H,36,41)(H,35,37,38). The number of imidazole rings is 1. The highest BCUT2D eigenvalue weighted by Gasteiger charge is 2.25. The smallest absolute Gasteiger partial charge is 0.407 e. The number of carbonyl (C=O) groups is 1. The van der Waals surface area contributed by atoms with Gasteiger partial charge in [-0.05, 0) is 83.2 Å². The highest BCUT2D eigenvalue weighted by Crippen LogP contribution is 2.32. The topological polar surface area (TPSA) is 145 Å². The lowest BCUT2D eigenvalue weighted by molar-refractivity contribution is -0.0298. The van der Waals surface area contributed by atoms with E-state index in [1.807, 2.05) is 67.9 Å². The SMILES string of the molecule is CC(C)(C)OC(=O)NC1CCN(c2ccc(-c3nc(Nc4cccc(N)c4)nc4c3ncn4C3CCCCO3)cn2)CC1. The summed E-state index contributed by atoms with van der Waals surface area (Å²) in [5.74, 6) is 1.32. The number of fused-ring (bicyclic) bond motifs is 1. The molecule has 1 atom stereocenters. The maximum Gasteiger partial charge on any atom is 0.407 e. The van der Waals surface area contributed by atoms with E-state index in [-0.39, 0.29) is 18.4 Å². The first kappa shape index (κ1) is 28.7. The third-order valence-electron chi connectivity index (χ3n) is 7.59. The zero-order valence-corrected chi connectivity index (χ0v) is 24.9. The second-order valence-electron chi connectivity index (χ2n) is 12.1. The molecule has 0 bridgehead atoms. The summed E-state index contributed by atoms with van der Waals surface area (Å²) in [6.07, 6.45) is 7.83. The molecule has 0 saturated carbocycles. The van der Waals surface area contributed by atoms with Crippen molar-refractivity contribution in [2.45, 2.75) is 70.7 Å². The van der Waals surface area contributed by atoms with Gasteiger partial charge in [-0.2, -0.15) is 4.98 Å². The molecule has 2 aliphatic heterocycles. The molecule has 2 saturated heterocycles. The molecule has 0 spiro atoms.